The van der Waals surface area contributed by atoms with Gasteiger partial charge in [0.1, 0.15) is 17.3 Å². The van der Waals surface area contributed by atoms with Crippen LogP contribution in [0.3, 0.4) is 0 Å². The Hall–Kier alpha value is -4.32. The SMILES string of the molecule is CC1(C)N=c2c(=C3C(=O)C(c4ccc5cccc6c5c4NC(C)(C)O6)=C3O)ccc3cccc(c23)O1. The number of aliphatic hydroxyl groups is 1. The third-order valence-corrected chi connectivity index (χ3v) is 6.99. The molecule has 0 aromatic heterocycles. The van der Waals surface area contributed by atoms with E-state index in [-0.39, 0.29) is 17.1 Å². The Morgan fingerprint density at radius 2 is 1.47 bits per heavy atom. The molecule has 7 rings (SSSR count). The van der Waals surface area contributed by atoms with Crippen LogP contribution in [0.25, 0.3) is 32.7 Å². The summed E-state index contributed by atoms with van der Waals surface area (Å²) in [7, 11) is 0. The van der Waals surface area contributed by atoms with Crippen LogP contribution in [0.4, 0.5) is 5.69 Å². The van der Waals surface area contributed by atoms with Crippen molar-refractivity contribution in [1.82, 2.24) is 0 Å². The molecule has 2 heterocycles. The van der Waals surface area contributed by atoms with Crippen molar-refractivity contribution in [2.75, 3.05) is 5.32 Å². The number of aliphatic hydroxyl groups excluding tert-OH is 1. The molecule has 6 nitrogen and oxygen atoms in total. The Morgan fingerprint density at radius 3 is 2.19 bits per heavy atom. The van der Waals surface area contributed by atoms with E-state index in [0.29, 0.717) is 21.7 Å². The number of ketones is 1. The average Bonchev–Trinajstić information content (AvgIpc) is 2.81. The molecule has 4 aromatic carbocycles. The molecule has 4 aromatic rings. The predicted molar refractivity (Wildman–Crippen MR) is 140 cm³/mol. The second kappa shape index (κ2) is 6.66. The van der Waals surface area contributed by atoms with Crippen molar-refractivity contribution in [3.8, 4) is 11.5 Å². The normalized spacial score (nSPS) is 20.3. The molecule has 0 spiro atoms. The van der Waals surface area contributed by atoms with Crippen LogP contribution in [0.2, 0.25) is 0 Å². The van der Waals surface area contributed by atoms with Crippen LogP contribution in [0.1, 0.15) is 33.3 Å². The van der Waals surface area contributed by atoms with Gasteiger partial charge in [0.25, 0.3) is 0 Å². The Bertz CT molecular complexity index is 1850. The smallest absolute Gasteiger partial charge is 0.201 e. The molecule has 0 bridgehead atoms. The van der Waals surface area contributed by atoms with Crippen LogP contribution in [0.5, 0.6) is 11.5 Å². The van der Waals surface area contributed by atoms with Crippen LogP contribution in [-0.2, 0) is 4.79 Å². The number of nitrogens with zero attached hydrogens (tertiary/aromatic N) is 1. The summed E-state index contributed by atoms with van der Waals surface area (Å²) in [4.78, 5) is 18.5. The van der Waals surface area contributed by atoms with Gasteiger partial charge in [-0.1, -0.05) is 48.5 Å². The molecule has 0 unspecified atom stereocenters. The molecule has 0 saturated carbocycles. The number of hydrogen-bond acceptors (Lipinski definition) is 6. The fraction of sp³-hybridized carbons (Fsp3) is 0.200. The summed E-state index contributed by atoms with van der Waals surface area (Å²) in [6.45, 7) is 7.63. The van der Waals surface area contributed by atoms with Gasteiger partial charge in [0, 0.05) is 21.6 Å². The van der Waals surface area contributed by atoms with Crippen molar-refractivity contribution in [1.29, 1.82) is 0 Å². The summed E-state index contributed by atoms with van der Waals surface area (Å²) in [5, 5.41) is 19.8. The highest BCUT2D eigenvalue weighted by molar-refractivity contribution is 6.52. The molecule has 0 fully saturated rings. The van der Waals surface area contributed by atoms with Crippen molar-refractivity contribution >= 4 is 44.2 Å². The lowest BCUT2D eigenvalue weighted by Crippen LogP contribution is -2.42. The van der Waals surface area contributed by atoms with E-state index in [1.54, 1.807) is 0 Å². The molecule has 6 heteroatoms. The third kappa shape index (κ3) is 2.78. The molecule has 0 amide bonds. The number of ether oxygens (including phenoxy) is 2. The Kier molecular flexibility index (Phi) is 3.89. The molecule has 1 aliphatic carbocycles. The van der Waals surface area contributed by atoms with E-state index in [2.05, 4.69) is 5.32 Å². The summed E-state index contributed by atoms with van der Waals surface area (Å²) in [5.41, 5.74) is 0.569. The zero-order chi connectivity index (χ0) is 25.0. The second-order valence-corrected chi connectivity index (χ2v) is 10.5. The van der Waals surface area contributed by atoms with Gasteiger partial charge in [-0.05, 0) is 50.6 Å². The lowest BCUT2D eigenvalue weighted by atomic mass is 9.80. The van der Waals surface area contributed by atoms with Crippen LogP contribution in [0, 0.1) is 0 Å². The number of carbonyl (C=O) groups excluding carboxylic acids is 1. The monoisotopic (exact) mass is 476 g/mol. The van der Waals surface area contributed by atoms with Gasteiger partial charge in [0.2, 0.25) is 5.78 Å². The van der Waals surface area contributed by atoms with Crippen molar-refractivity contribution < 1.29 is 19.4 Å². The van der Waals surface area contributed by atoms with Crippen molar-refractivity contribution in [3.63, 3.8) is 0 Å². The Balaban J connectivity index is 1.52. The first kappa shape index (κ1) is 21.0. The van der Waals surface area contributed by atoms with Gasteiger partial charge >= 0.3 is 0 Å². The van der Waals surface area contributed by atoms with E-state index < -0.39 is 11.4 Å². The zero-order valence-electron chi connectivity index (χ0n) is 20.4. The van der Waals surface area contributed by atoms with E-state index in [0.717, 1.165) is 38.7 Å². The van der Waals surface area contributed by atoms with Gasteiger partial charge in [-0.2, -0.15) is 0 Å². The molecular weight excluding hydrogens is 452 g/mol. The Labute approximate surface area is 207 Å². The number of benzene rings is 4. The summed E-state index contributed by atoms with van der Waals surface area (Å²) < 4.78 is 12.2. The van der Waals surface area contributed by atoms with Gasteiger partial charge in [0.05, 0.1) is 22.2 Å². The van der Waals surface area contributed by atoms with Gasteiger partial charge in [-0.15, -0.1) is 0 Å². The maximum atomic E-state index is 13.7. The first-order valence-electron chi connectivity index (χ1n) is 12.0. The molecule has 178 valence electrons. The fourth-order valence-corrected chi connectivity index (χ4v) is 5.56. The number of nitrogens with one attached hydrogen (secondary N) is 1. The van der Waals surface area contributed by atoms with E-state index in [1.165, 1.54) is 0 Å². The van der Waals surface area contributed by atoms with Gasteiger partial charge in [-0.25, -0.2) is 4.99 Å². The molecule has 0 atom stereocenters. The standard InChI is InChI=1S/C30H24N2O4/c1-29(2)31-25-17(13-11-15-7-5-9-19(35-29)21(15)25)23-27(33)24(28(23)34)18-14-12-16-8-6-10-20-22(16)26(18)32-30(3,4)36-20/h5-14,31,33H,1-4H3. The molecule has 3 aliphatic rings. The van der Waals surface area contributed by atoms with Crippen molar-refractivity contribution in [2.45, 2.75) is 39.1 Å². The molecular formula is C30H24N2O4. The van der Waals surface area contributed by atoms with Gasteiger partial charge in [0.15, 0.2) is 11.4 Å². The maximum Gasteiger partial charge on any atom is 0.201 e. The van der Waals surface area contributed by atoms with E-state index in [9.17, 15) is 9.90 Å². The third-order valence-electron chi connectivity index (χ3n) is 6.99. The zero-order valence-corrected chi connectivity index (χ0v) is 20.4. The topological polar surface area (TPSA) is 80.2 Å². The van der Waals surface area contributed by atoms with E-state index >= 15 is 0 Å². The van der Waals surface area contributed by atoms with Gasteiger partial charge < -0.3 is 19.9 Å². The fourth-order valence-electron chi connectivity index (χ4n) is 5.56. The van der Waals surface area contributed by atoms with E-state index in [4.69, 9.17) is 14.5 Å². The number of rotatable bonds is 1. The highest BCUT2D eigenvalue weighted by Gasteiger charge is 2.39. The molecule has 2 aliphatic heterocycles. The largest absolute Gasteiger partial charge is 0.506 e. The molecule has 2 N–H and O–H groups in total. The first-order chi connectivity index (χ1) is 17.1. The number of Topliss-reactive ketones (excluding diaryl/α,β-unsaturated/α-hetero) is 1. The molecule has 36 heavy (non-hydrogen) atoms. The van der Waals surface area contributed by atoms with Crippen LogP contribution >= 0.6 is 0 Å². The minimum atomic E-state index is -0.790. The minimum Gasteiger partial charge on any atom is -0.506 e. The lowest BCUT2D eigenvalue weighted by Gasteiger charge is -2.36. The van der Waals surface area contributed by atoms with Crippen LogP contribution < -0.4 is 25.4 Å². The van der Waals surface area contributed by atoms with Crippen molar-refractivity contribution in [2.24, 2.45) is 4.99 Å². The first-order valence-corrected chi connectivity index (χ1v) is 12.0. The molecule has 0 saturated heterocycles. The molecule has 0 radical (unpaired) electrons. The minimum absolute atomic E-state index is 0.0215. The van der Waals surface area contributed by atoms with Crippen LogP contribution in [0.15, 0.2) is 71.4 Å². The number of carbonyl (C=O) groups is 1. The predicted octanol–water partition coefficient (Wildman–Crippen LogP) is 4.98. The Morgan fingerprint density at radius 1 is 0.806 bits per heavy atom. The summed E-state index contributed by atoms with van der Waals surface area (Å²) in [6, 6.07) is 19.4. The number of allylic oxidation sites excluding steroid dienone is 2. The lowest BCUT2D eigenvalue weighted by molar-refractivity contribution is -0.109. The summed E-state index contributed by atoms with van der Waals surface area (Å²) in [6.07, 6.45) is 0. The average molecular weight is 477 g/mol. The second-order valence-electron chi connectivity index (χ2n) is 10.5. The quantitative estimate of drug-likeness (QED) is 0.405. The van der Waals surface area contributed by atoms with Crippen molar-refractivity contribution in [3.05, 3.63) is 82.6 Å². The number of anilines is 1. The van der Waals surface area contributed by atoms with Gasteiger partial charge in [-0.3, -0.25) is 4.79 Å². The number of hydrogen-bond donors (Lipinski definition) is 2. The van der Waals surface area contributed by atoms with E-state index in [1.807, 2.05) is 88.4 Å². The van der Waals surface area contributed by atoms with Crippen LogP contribution in [-0.4, -0.2) is 22.3 Å². The summed E-state index contributed by atoms with van der Waals surface area (Å²) >= 11 is 0. The summed E-state index contributed by atoms with van der Waals surface area (Å²) in [5.74, 6) is 1.24. The maximum absolute atomic E-state index is 13.7. The highest BCUT2D eigenvalue weighted by atomic mass is 16.5. The highest BCUT2D eigenvalue weighted by Crippen LogP contribution is 2.47.